The lowest BCUT2D eigenvalue weighted by molar-refractivity contribution is 0.602. The summed E-state index contributed by atoms with van der Waals surface area (Å²) in [4.78, 5) is 18.8. The maximum absolute atomic E-state index is 5.75. The minimum atomic E-state index is -0.145. The molecular formula is C18H18N8. The van der Waals surface area contributed by atoms with Crippen molar-refractivity contribution < 1.29 is 0 Å². The van der Waals surface area contributed by atoms with Gasteiger partial charge in [-0.15, -0.1) is 0 Å². The van der Waals surface area contributed by atoms with Crippen molar-refractivity contribution in [1.82, 2.24) is 29.5 Å². The van der Waals surface area contributed by atoms with Crippen molar-refractivity contribution in [3.63, 3.8) is 0 Å². The van der Waals surface area contributed by atoms with E-state index in [2.05, 4.69) is 43.9 Å². The van der Waals surface area contributed by atoms with Crippen LogP contribution in [0.1, 0.15) is 28.7 Å². The largest absolute Gasteiger partial charge is 0.396 e. The lowest BCUT2D eigenvalue weighted by atomic mass is 10.00. The molecule has 8 nitrogen and oxygen atoms in total. The number of hydrogen-bond acceptors (Lipinski definition) is 6. The van der Waals surface area contributed by atoms with Crippen LogP contribution in [0.2, 0.25) is 0 Å². The number of nitrogens with one attached hydrogen (secondary N) is 1. The number of nitrogens with zero attached hydrogens (tertiary/aromatic N) is 6. The summed E-state index contributed by atoms with van der Waals surface area (Å²) < 4.78 is 1.91. The zero-order valence-electron chi connectivity index (χ0n) is 14.3. The van der Waals surface area contributed by atoms with Gasteiger partial charge in [0.2, 0.25) is 5.95 Å². The number of H-pyrrole nitrogens is 1. The molecule has 1 aliphatic heterocycles. The summed E-state index contributed by atoms with van der Waals surface area (Å²) in [7, 11) is 0. The zero-order chi connectivity index (χ0) is 17.7. The molecule has 0 unspecified atom stereocenters. The fourth-order valence-corrected chi connectivity index (χ4v) is 3.58. The smallest absolute Gasteiger partial charge is 0.226 e. The lowest BCUT2D eigenvalue weighted by Gasteiger charge is -2.33. The van der Waals surface area contributed by atoms with Crippen LogP contribution in [-0.4, -0.2) is 36.1 Å². The number of anilines is 2. The molecule has 4 aromatic rings. The second-order valence-corrected chi connectivity index (χ2v) is 6.52. The first-order valence-corrected chi connectivity index (χ1v) is 8.52. The van der Waals surface area contributed by atoms with E-state index in [1.807, 2.05) is 16.8 Å². The molecule has 130 valence electrons. The predicted octanol–water partition coefficient (Wildman–Crippen LogP) is 1.89. The Labute approximate surface area is 149 Å². The third-order valence-electron chi connectivity index (χ3n) is 4.85. The minimum Gasteiger partial charge on any atom is -0.396 e. The van der Waals surface area contributed by atoms with Gasteiger partial charge in [-0.3, -0.25) is 0 Å². The van der Waals surface area contributed by atoms with Crippen LogP contribution in [0, 0.1) is 6.92 Å². The fraction of sp³-hybridized carbons (Fsp3) is 0.222. The Balaban J connectivity index is 1.68. The molecule has 8 heteroatoms. The molecule has 4 aromatic heterocycles. The van der Waals surface area contributed by atoms with Crippen molar-refractivity contribution in [1.29, 1.82) is 0 Å². The van der Waals surface area contributed by atoms with Gasteiger partial charge in [0.15, 0.2) is 0 Å². The van der Waals surface area contributed by atoms with Crippen molar-refractivity contribution in [3.05, 3.63) is 65.8 Å². The molecule has 0 bridgehead atoms. The van der Waals surface area contributed by atoms with Crippen LogP contribution in [-0.2, 0) is 6.42 Å². The molecular weight excluding hydrogens is 328 g/mol. The highest BCUT2D eigenvalue weighted by Gasteiger charge is 2.34. The van der Waals surface area contributed by atoms with Gasteiger partial charge in [-0.2, -0.15) is 5.10 Å². The van der Waals surface area contributed by atoms with Crippen molar-refractivity contribution in [2.24, 2.45) is 0 Å². The molecule has 3 N–H and O–H groups in total. The topological polar surface area (TPSA) is 101 Å². The Morgan fingerprint density at radius 2 is 2.08 bits per heavy atom. The fourth-order valence-electron chi connectivity index (χ4n) is 3.58. The number of rotatable bonds is 2. The minimum absolute atomic E-state index is 0.145. The molecule has 0 fully saturated rings. The van der Waals surface area contributed by atoms with Crippen LogP contribution in [0.4, 0.5) is 11.6 Å². The number of aryl methyl sites for hydroxylation is 1. The third-order valence-corrected chi connectivity index (χ3v) is 4.85. The van der Waals surface area contributed by atoms with E-state index in [-0.39, 0.29) is 6.04 Å². The number of pyridine rings is 1. The average Bonchev–Trinajstić information content (AvgIpc) is 3.29. The number of aromatic nitrogens is 6. The van der Waals surface area contributed by atoms with Gasteiger partial charge in [-0.1, -0.05) is 6.07 Å². The van der Waals surface area contributed by atoms with Crippen LogP contribution in [0.3, 0.4) is 0 Å². The first-order valence-electron chi connectivity index (χ1n) is 8.52. The summed E-state index contributed by atoms with van der Waals surface area (Å²) in [5.74, 6) is 0.631. The summed E-state index contributed by atoms with van der Waals surface area (Å²) in [6, 6.07) is 6.06. The van der Waals surface area contributed by atoms with Crippen LogP contribution in [0.5, 0.6) is 0 Å². The van der Waals surface area contributed by atoms with E-state index in [0.29, 0.717) is 11.6 Å². The SMILES string of the molecule is Cc1cccn2nc([C@@H]3c4nc[nH]c4CCN3c3ncc(N)cn3)cc12. The van der Waals surface area contributed by atoms with Gasteiger partial charge in [0.1, 0.15) is 6.04 Å². The maximum Gasteiger partial charge on any atom is 0.226 e. The van der Waals surface area contributed by atoms with Gasteiger partial charge in [-0.25, -0.2) is 19.5 Å². The summed E-state index contributed by atoms with van der Waals surface area (Å²) in [6.07, 6.45) is 7.82. The molecule has 0 aromatic carbocycles. The first kappa shape index (κ1) is 14.9. The number of fused-ring (bicyclic) bond motifs is 2. The van der Waals surface area contributed by atoms with E-state index in [0.717, 1.165) is 35.6 Å². The molecule has 0 amide bonds. The van der Waals surface area contributed by atoms with Crippen molar-refractivity contribution in [2.75, 3.05) is 17.2 Å². The van der Waals surface area contributed by atoms with Crippen molar-refractivity contribution in [2.45, 2.75) is 19.4 Å². The molecule has 1 aliphatic rings. The number of aromatic amines is 1. The normalized spacial score (nSPS) is 16.8. The molecule has 26 heavy (non-hydrogen) atoms. The van der Waals surface area contributed by atoms with E-state index in [9.17, 15) is 0 Å². The second-order valence-electron chi connectivity index (χ2n) is 6.52. The Bertz CT molecular complexity index is 1080. The van der Waals surface area contributed by atoms with E-state index < -0.39 is 0 Å². The highest BCUT2D eigenvalue weighted by atomic mass is 15.3. The first-order chi connectivity index (χ1) is 12.7. The van der Waals surface area contributed by atoms with E-state index in [1.165, 1.54) is 5.56 Å². The Kier molecular flexibility index (Phi) is 3.18. The van der Waals surface area contributed by atoms with Gasteiger partial charge in [-0.05, 0) is 24.6 Å². The quantitative estimate of drug-likeness (QED) is 0.575. The maximum atomic E-state index is 5.75. The molecule has 5 rings (SSSR count). The number of imidazole rings is 1. The summed E-state index contributed by atoms with van der Waals surface area (Å²) in [5, 5.41) is 4.81. The zero-order valence-corrected chi connectivity index (χ0v) is 14.3. The summed E-state index contributed by atoms with van der Waals surface area (Å²) in [5.41, 5.74) is 11.6. The molecule has 0 saturated heterocycles. The molecule has 1 atom stereocenters. The Morgan fingerprint density at radius 1 is 1.23 bits per heavy atom. The van der Waals surface area contributed by atoms with Crippen LogP contribution in [0.25, 0.3) is 5.52 Å². The van der Waals surface area contributed by atoms with Gasteiger partial charge in [0.05, 0.1) is 41.3 Å². The summed E-state index contributed by atoms with van der Waals surface area (Å²) in [6.45, 7) is 2.86. The lowest BCUT2D eigenvalue weighted by Crippen LogP contribution is -2.37. The van der Waals surface area contributed by atoms with Crippen molar-refractivity contribution in [3.8, 4) is 0 Å². The molecule has 0 radical (unpaired) electrons. The van der Waals surface area contributed by atoms with E-state index >= 15 is 0 Å². The van der Waals surface area contributed by atoms with E-state index in [1.54, 1.807) is 18.7 Å². The highest BCUT2D eigenvalue weighted by Crippen LogP contribution is 2.35. The van der Waals surface area contributed by atoms with Crippen LogP contribution >= 0.6 is 0 Å². The number of nitrogens with two attached hydrogens (primary N) is 1. The van der Waals surface area contributed by atoms with Gasteiger partial charge in [0.25, 0.3) is 0 Å². The van der Waals surface area contributed by atoms with Gasteiger partial charge < -0.3 is 15.6 Å². The third kappa shape index (κ3) is 2.22. The van der Waals surface area contributed by atoms with Gasteiger partial charge >= 0.3 is 0 Å². The standard InChI is InChI=1S/C18H18N8/c1-11-3-2-5-26-15(11)7-14(24-26)17-16-13(22-10-23-16)4-6-25(17)18-20-8-12(19)9-21-18/h2-3,5,7-10,17H,4,6,19H2,1H3,(H,22,23)/t17-/m1/s1. The molecule has 5 heterocycles. The van der Waals surface area contributed by atoms with Crippen LogP contribution in [0.15, 0.2) is 43.1 Å². The molecule has 0 spiro atoms. The molecule has 0 saturated carbocycles. The van der Waals surface area contributed by atoms with Gasteiger partial charge in [0, 0.05) is 24.9 Å². The predicted molar refractivity (Wildman–Crippen MR) is 97.9 cm³/mol. The molecule has 0 aliphatic carbocycles. The number of nitrogen functional groups attached to an aromatic ring is 1. The highest BCUT2D eigenvalue weighted by molar-refractivity contribution is 5.57. The number of hydrogen-bond donors (Lipinski definition) is 2. The average molecular weight is 346 g/mol. The van der Waals surface area contributed by atoms with Crippen LogP contribution < -0.4 is 10.6 Å². The Hall–Kier alpha value is -3.42. The van der Waals surface area contributed by atoms with E-state index in [4.69, 9.17) is 10.8 Å². The summed E-state index contributed by atoms with van der Waals surface area (Å²) >= 11 is 0. The second kappa shape index (κ2) is 5.55. The van der Waals surface area contributed by atoms with Crippen molar-refractivity contribution >= 4 is 17.2 Å². The Morgan fingerprint density at radius 3 is 2.88 bits per heavy atom. The monoisotopic (exact) mass is 346 g/mol.